The van der Waals surface area contributed by atoms with Crippen molar-refractivity contribution in [2.24, 2.45) is 16.8 Å². The number of thiazole rings is 1. The Kier molecular flexibility index (Phi) is 6.42. The van der Waals surface area contributed by atoms with E-state index < -0.39 is 11.6 Å². The van der Waals surface area contributed by atoms with Gasteiger partial charge in [-0.25, -0.2) is 13.8 Å². The Morgan fingerprint density at radius 2 is 1.86 bits per heavy atom. The zero-order valence-corrected chi connectivity index (χ0v) is 21.4. The first-order chi connectivity index (χ1) is 17.9. The number of rotatable bonds is 6. The highest BCUT2D eigenvalue weighted by Crippen LogP contribution is 2.31. The van der Waals surface area contributed by atoms with Gasteiger partial charge in [-0.3, -0.25) is 9.79 Å². The normalized spacial score (nSPS) is 19.7. The molecule has 0 N–H and O–H groups in total. The summed E-state index contributed by atoms with van der Waals surface area (Å²) >= 11 is 1.61. The number of piperidine rings is 1. The zero-order chi connectivity index (χ0) is 25.5. The Hall–Kier alpha value is -3.29. The molecular formula is C30H27F2N3OS. The molecule has 0 amide bonds. The van der Waals surface area contributed by atoms with Gasteiger partial charge in [0, 0.05) is 41.8 Å². The lowest BCUT2D eigenvalue weighted by molar-refractivity contribution is 0.0892. The third-order valence-corrected chi connectivity index (χ3v) is 8.33. The molecule has 7 heteroatoms. The first-order valence-corrected chi connectivity index (χ1v) is 13.5. The highest BCUT2D eigenvalue weighted by atomic mass is 32.1. The number of likely N-dealkylation sites (tertiary alicyclic amines) is 1. The van der Waals surface area contributed by atoms with Crippen molar-refractivity contribution in [1.82, 2.24) is 9.88 Å². The van der Waals surface area contributed by atoms with Crippen molar-refractivity contribution < 1.29 is 13.6 Å². The van der Waals surface area contributed by atoms with Crippen LogP contribution in [0.3, 0.4) is 0 Å². The quantitative estimate of drug-likeness (QED) is 0.283. The van der Waals surface area contributed by atoms with Gasteiger partial charge in [-0.1, -0.05) is 24.3 Å². The van der Waals surface area contributed by atoms with Crippen LogP contribution in [0.2, 0.25) is 0 Å². The van der Waals surface area contributed by atoms with Crippen molar-refractivity contribution in [1.29, 1.82) is 0 Å². The summed E-state index contributed by atoms with van der Waals surface area (Å²) in [5.74, 6) is -0.649. The molecule has 0 aliphatic carbocycles. The molecule has 188 valence electrons. The average Bonchev–Trinajstić information content (AvgIpc) is 3.52. The van der Waals surface area contributed by atoms with Crippen molar-refractivity contribution in [3.05, 3.63) is 99.6 Å². The molecule has 2 aliphatic heterocycles. The van der Waals surface area contributed by atoms with E-state index in [0.717, 1.165) is 52.1 Å². The molecule has 1 aromatic heterocycles. The van der Waals surface area contributed by atoms with Crippen LogP contribution in [0.5, 0.6) is 0 Å². The number of hydrogen-bond donors (Lipinski definition) is 0. The van der Waals surface area contributed by atoms with Crippen LogP contribution < -0.4 is 0 Å². The van der Waals surface area contributed by atoms with Crippen molar-refractivity contribution >= 4 is 33.0 Å². The monoisotopic (exact) mass is 515 g/mol. The van der Waals surface area contributed by atoms with Crippen LogP contribution in [0, 0.1) is 23.5 Å². The summed E-state index contributed by atoms with van der Waals surface area (Å²) in [5.41, 5.74) is 7.76. The lowest BCUT2D eigenvalue weighted by Gasteiger charge is -2.35. The summed E-state index contributed by atoms with van der Waals surface area (Å²) in [6, 6.07) is 16.1. The molecule has 0 spiro atoms. The van der Waals surface area contributed by atoms with E-state index in [1.807, 2.05) is 42.9 Å². The number of aromatic nitrogens is 1. The molecule has 2 atom stereocenters. The number of halogens is 2. The Labute approximate surface area is 218 Å². The fraction of sp³-hybridized carbons (Fsp3) is 0.300. The standard InChI is InChI=1S/C30H27F2N3OS/c1-35-15-18(10-24-25(31)3-2-4-26(24)32)9-19(16-35)11-28(36)20-5-6-22-14-33-30(23(22)12-20)21-7-8-27-29(13-21)37-17-34-27/h2-8,12-13,17-19H,9-11,14-16H2,1H3. The maximum absolute atomic E-state index is 14.2. The summed E-state index contributed by atoms with van der Waals surface area (Å²) in [4.78, 5) is 24.7. The van der Waals surface area contributed by atoms with Gasteiger partial charge in [-0.15, -0.1) is 11.3 Å². The van der Waals surface area contributed by atoms with E-state index in [1.165, 1.54) is 18.2 Å². The van der Waals surface area contributed by atoms with E-state index in [0.29, 0.717) is 24.9 Å². The number of benzene rings is 3. The SMILES string of the molecule is CN1CC(CC(=O)c2ccc3c(c2)C(c2ccc4ncsc4c2)=NC3)CC(Cc2c(F)cccc2F)C1. The second-order valence-corrected chi connectivity index (χ2v) is 11.2. The van der Waals surface area contributed by atoms with Crippen LogP contribution >= 0.6 is 11.3 Å². The number of fused-ring (bicyclic) bond motifs is 2. The number of carbonyl (C=O) groups is 1. The molecule has 4 nitrogen and oxygen atoms in total. The Morgan fingerprint density at radius 1 is 1.05 bits per heavy atom. The van der Waals surface area contributed by atoms with Crippen molar-refractivity contribution in [3.8, 4) is 0 Å². The molecular weight excluding hydrogens is 488 g/mol. The minimum atomic E-state index is -0.494. The molecule has 3 aromatic carbocycles. The fourth-order valence-corrected chi connectivity index (χ4v) is 6.59. The van der Waals surface area contributed by atoms with E-state index >= 15 is 0 Å². The lowest BCUT2D eigenvalue weighted by atomic mass is 9.82. The minimum absolute atomic E-state index is 0.100. The van der Waals surface area contributed by atoms with Gasteiger partial charge in [-0.05, 0) is 67.6 Å². The third-order valence-electron chi connectivity index (χ3n) is 7.53. The molecule has 0 radical (unpaired) electrons. The molecule has 1 fully saturated rings. The predicted octanol–water partition coefficient (Wildman–Crippen LogP) is 6.31. The van der Waals surface area contributed by atoms with Gasteiger partial charge < -0.3 is 4.90 Å². The first-order valence-electron chi connectivity index (χ1n) is 12.6. The maximum atomic E-state index is 14.2. The number of hydrogen-bond acceptors (Lipinski definition) is 5. The predicted molar refractivity (Wildman–Crippen MR) is 144 cm³/mol. The van der Waals surface area contributed by atoms with Gasteiger partial charge in [0.1, 0.15) is 11.6 Å². The molecule has 37 heavy (non-hydrogen) atoms. The van der Waals surface area contributed by atoms with Crippen molar-refractivity contribution in [3.63, 3.8) is 0 Å². The average molecular weight is 516 g/mol. The summed E-state index contributed by atoms with van der Waals surface area (Å²) in [7, 11) is 2.01. The number of nitrogens with zero attached hydrogens (tertiary/aromatic N) is 3. The number of ketones is 1. The summed E-state index contributed by atoms with van der Waals surface area (Å²) in [5, 5.41) is 0. The Balaban J connectivity index is 1.18. The second kappa shape index (κ2) is 9.88. The topological polar surface area (TPSA) is 45.6 Å². The molecule has 0 saturated carbocycles. The summed E-state index contributed by atoms with van der Waals surface area (Å²) < 4.78 is 29.6. The van der Waals surface area contributed by atoms with Gasteiger partial charge in [-0.2, -0.15) is 0 Å². The van der Waals surface area contributed by atoms with Crippen LogP contribution in [0.1, 0.15) is 45.5 Å². The highest BCUT2D eigenvalue weighted by Gasteiger charge is 2.29. The number of aliphatic imine (C=N–C) groups is 1. The molecule has 2 unspecified atom stereocenters. The Bertz CT molecular complexity index is 1510. The molecule has 4 aromatic rings. The smallest absolute Gasteiger partial charge is 0.163 e. The number of carbonyl (C=O) groups excluding carboxylic acids is 1. The number of Topliss-reactive ketones (excluding diaryl/α,β-unsaturated/α-hetero) is 1. The van der Waals surface area contributed by atoms with Gasteiger partial charge >= 0.3 is 0 Å². The second-order valence-electron chi connectivity index (χ2n) is 10.3. The van der Waals surface area contributed by atoms with Gasteiger partial charge in [0.05, 0.1) is 28.0 Å². The third kappa shape index (κ3) is 4.86. The van der Waals surface area contributed by atoms with E-state index in [1.54, 1.807) is 11.3 Å². The van der Waals surface area contributed by atoms with Crippen molar-refractivity contribution in [2.45, 2.75) is 25.8 Å². The first kappa shape index (κ1) is 24.1. The van der Waals surface area contributed by atoms with Crippen LogP contribution in [-0.4, -0.2) is 41.5 Å². The van der Waals surface area contributed by atoms with E-state index in [2.05, 4.69) is 16.0 Å². The van der Waals surface area contributed by atoms with Crippen LogP contribution in [-0.2, 0) is 13.0 Å². The van der Waals surface area contributed by atoms with Gasteiger partial charge in [0.25, 0.3) is 0 Å². The van der Waals surface area contributed by atoms with Crippen LogP contribution in [0.15, 0.2) is 65.1 Å². The maximum Gasteiger partial charge on any atom is 0.163 e. The lowest BCUT2D eigenvalue weighted by Crippen LogP contribution is -2.39. The summed E-state index contributed by atoms with van der Waals surface area (Å²) in [6.07, 6.45) is 1.53. The minimum Gasteiger partial charge on any atom is -0.306 e. The highest BCUT2D eigenvalue weighted by molar-refractivity contribution is 7.16. The molecule has 0 bridgehead atoms. The van der Waals surface area contributed by atoms with Gasteiger partial charge in [0.15, 0.2) is 5.78 Å². The van der Waals surface area contributed by atoms with Gasteiger partial charge in [0.2, 0.25) is 0 Å². The van der Waals surface area contributed by atoms with Crippen LogP contribution in [0.25, 0.3) is 10.2 Å². The van der Waals surface area contributed by atoms with Crippen molar-refractivity contribution in [2.75, 3.05) is 20.1 Å². The largest absolute Gasteiger partial charge is 0.306 e. The molecule has 6 rings (SSSR count). The molecule has 3 heterocycles. The van der Waals surface area contributed by atoms with E-state index in [9.17, 15) is 13.6 Å². The van der Waals surface area contributed by atoms with E-state index in [-0.39, 0.29) is 23.2 Å². The molecule has 1 saturated heterocycles. The zero-order valence-electron chi connectivity index (χ0n) is 20.6. The molecule has 2 aliphatic rings. The Morgan fingerprint density at radius 3 is 2.70 bits per heavy atom. The van der Waals surface area contributed by atoms with Crippen LogP contribution in [0.4, 0.5) is 8.78 Å². The van der Waals surface area contributed by atoms with E-state index in [4.69, 9.17) is 4.99 Å². The summed E-state index contributed by atoms with van der Waals surface area (Å²) in [6.45, 7) is 2.18. The fourth-order valence-electron chi connectivity index (χ4n) is 5.88.